The predicted octanol–water partition coefficient (Wildman–Crippen LogP) is 3.51. The highest BCUT2D eigenvalue weighted by Gasteiger charge is 2.29. The topological polar surface area (TPSA) is 38.8 Å². The van der Waals surface area contributed by atoms with Crippen LogP contribution in [0, 0.1) is 0 Å². The summed E-state index contributed by atoms with van der Waals surface area (Å²) < 4.78 is 12.0. The van der Waals surface area contributed by atoms with E-state index in [1.807, 2.05) is 17.9 Å². The number of hydrogen-bond donors (Lipinski definition) is 0. The van der Waals surface area contributed by atoms with Crippen LogP contribution < -0.4 is 4.74 Å². The molecule has 4 nitrogen and oxygen atoms in total. The Labute approximate surface area is 138 Å². The number of rotatable bonds is 4. The van der Waals surface area contributed by atoms with Gasteiger partial charge in [-0.15, -0.1) is 0 Å². The van der Waals surface area contributed by atoms with Gasteiger partial charge < -0.3 is 14.4 Å². The number of morpholine rings is 1. The van der Waals surface area contributed by atoms with Gasteiger partial charge in [-0.05, 0) is 31.5 Å². The first-order valence-electron chi connectivity index (χ1n) is 7.00. The van der Waals surface area contributed by atoms with Crippen LogP contribution in [0.15, 0.2) is 22.7 Å². The highest BCUT2D eigenvalue weighted by Crippen LogP contribution is 2.27. The SMILES string of the molecule is CC[C@H]1CO[C@H](C)CN1C(=O)COc1ccc(Br)cc1Cl. The minimum atomic E-state index is -0.0315. The molecular formula is C15H19BrClNO3. The molecule has 2 rings (SSSR count). The molecule has 0 saturated carbocycles. The zero-order valence-electron chi connectivity index (χ0n) is 12.1. The Morgan fingerprint density at radius 3 is 3.00 bits per heavy atom. The Balaban J connectivity index is 1.96. The van der Waals surface area contributed by atoms with Gasteiger partial charge in [0, 0.05) is 11.0 Å². The quantitative estimate of drug-likeness (QED) is 0.807. The third-order valence-electron chi connectivity index (χ3n) is 3.50. The molecule has 1 saturated heterocycles. The first-order chi connectivity index (χ1) is 10.0. The highest BCUT2D eigenvalue weighted by atomic mass is 79.9. The van der Waals surface area contributed by atoms with Crippen molar-refractivity contribution >= 4 is 33.4 Å². The van der Waals surface area contributed by atoms with Gasteiger partial charge in [-0.3, -0.25) is 4.79 Å². The van der Waals surface area contributed by atoms with Gasteiger partial charge in [0.2, 0.25) is 0 Å². The van der Waals surface area contributed by atoms with Crippen LogP contribution in [-0.4, -0.2) is 42.7 Å². The highest BCUT2D eigenvalue weighted by molar-refractivity contribution is 9.10. The number of amides is 1. The van der Waals surface area contributed by atoms with Gasteiger partial charge in [0.05, 0.1) is 23.8 Å². The molecule has 1 aliphatic heterocycles. The molecule has 0 N–H and O–H groups in total. The van der Waals surface area contributed by atoms with Crippen molar-refractivity contribution in [2.24, 2.45) is 0 Å². The van der Waals surface area contributed by atoms with E-state index in [1.54, 1.807) is 12.1 Å². The van der Waals surface area contributed by atoms with E-state index in [4.69, 9.17) is 21.1 Å². The second-order valence-corrected chi connectivity index (χ2v) is 6.44. The van der Waals surface area contributed by atoms with E-state index in [9.17, 15) is 4.79 Å². The molecule has 1 aromatic rings. The van der Waals surface area contributed by atoms with Crippen molar-refractivity contribution in [3.63, 3.8) is 0 Å². The summed E-state index contributed by atoms with van der Waals surface area (Å²) in [5.74, 6) is 0.485. The summed E-state index contributed by atoms with van der Waals surface area (Å²) in [6.45, 7) is 5.21. The Kier molecular flexibility index (Phi) is 5.90. The Morgan fingerprint density at radius 2 is 2.33 bits per heavy atom. The van der Waals surface area contributed by atoms with Crippen molar-refractivity contribution in [2.45, 2.75) is 32.4 Å². The second kappa shape index (κ2) is 7.47. The van der Waals surface area contributed by atoms with Crippen LogP contribution >= 0.6 is 27.5 Å². The summed E-state index contributed by atoms with van der Waals surface area (Å²) in [7, 11) is 0. The number of benzene rings is 1. The summed E-state index contributed by atoms with van der Waals surface area (Å²) in [4.78, 5) is 14.2. The Morgan fingerprint density at radius 1 is 1.57 bits per heavy atom. The van der Waals surface area contributed by atoms with Crippen molar-refractivity contribution in [3.05, 3.63) is 27.7 Å². The molecule has 116 valence electrons. The van der Waals surface area contributed by atoms with E-state index >= 15 is 0 Å². The van der Waals surface area contributed by atoms with E-state index < -0.39 is 0 Å². The van der Waals surface area contributed by atoms with Crippen molar-refractivity contribution in [2.75, 3.05) is 19.8 Å². The maximum absolute atomic E-state index is 12.4. The fourth-order valence-electron chi connectivity index (χ4n) is 2.30. The maximum atomic E-state index is 12.4. The smallest absolute Gasteiger partial charge is 0.260 e. The van der Waals surface area contributed by atoms with Crippen molar-refractivity contribution in [1.29, 1.82) is 0 Å². The van der Waals surface area contributed by atoms with E-state index in [1.165, 1.54) is 0 Å². The molecule has 0 bridgehead atoms. The van der Waals surface area contributed by atoms with Crippen LogP contribution in [0.25, 0.3) is 0 Å². The molecule has 1 heterocycles. The third kappa shape index (κ3) is 4.34. The van der Waals surface area contributed by atoms with Gasteiger partial charge in [0.15, 0.2) is 6.61 Å². The number of halogens is 2. The molecule has 6 heteroatoms. The maximum Gasteiger partial charge on any atom is 0.260 e. The zero-order valence-corrected chi connectivity index (χ0v) is 14.5. The molecule has 21 heavy (non-hydrogen) atoms. The lowest BCUT2D eigenvalue weighted by Crippen LogP contribution is -2.52. The zero-order chi connectivity index (χ0) is 15.4. The standard InChI is InChI=1S/C15H19BrClNO3/c1-3-12-8-20-10(2)7-18(12)15(19)9-21-14-5-4-11(16)6-13(14)17/h4-6,10,12H,3,7-9H2,1-2H3/t10-,12+/m1/s1. The summed E-state index contributed by atoms with van der Waals surface area (Å²) >= 11 is 9.41. The van der Waals surface area contributed by atoms with Crippen LogP contribution in [0.2, 0.25) is 5.02 Å². The van der Waals surface area contributed by atoms with Crippen LogP contribution in [0.1, 0.15) is 20.3 Å². The van der Waals surface area contributed by atoms with Gasteiger partial charge in [0.1, 0.15) is 5.75 Å². The molecule has 1 fully saturated rings. The average molecular weight is 377 g/mol. The van der Waals surface area contributed by atoms with E-state index in [0.29, 0.717) is 23.9 Å². The van der Waals surface area contributed by atoms with Crippen LogP contribution in [0.5, 0.6) is 5.75 Å². The van der Waals surface area contributed by atoms with E-state index in [-0.39, 0.29) is 24.7 Å². The molecular weight excluding hydrogens is 358 g/mol. The third-order valence-corrected chi connectivity index (χ3v) is 4.29. The van der Waals surface area contributed by atoms with Gasteiger partial charge in [-0.2, -0.15) is 0 Å². The Hall–Kier alpha value is -0.780. The molecule has 0 unspecified atom stereocenters. The molecule has 1 amide bonds. The number of carbonyl (C=O) groups excluding carboxylic acids is 1. The van der Waals surface area contributed by atoms with Gasteiger partial charge in [-0.25, -0.2) is 0 Å². The number of nitrogens with zero attached hydrogens (tertiary/aromatic N) is 1. The fourth-order valence-corrected chi connectivity index (χ4v) is 3.03. The number of carbonyl (C=O) groups is 1. The van der Waals surface area contributed by atoms with E-state index in [0.717, 1.165) is 10.9 Å². The molecule has 0 radical (unpaired) electrons. The average Bonchev–Trinajstić information content (AvgIpc) is 2.46. The minimum Gasteiger partial charge on any atom is -0.482 e. The molecule has 1 aliphatic rings. The lowest BCUT2D eigenvalue weighted by Gasteiger charge is -2.38. The lowest BCUT2D eigenvalue weighted by atomic mass is 10.1. The van der Waals surface area contributed by atoms with Crippen molar-refractivity contribution in [3.8, 4) is 5.75 Å². The number of hydrogen-bond acceptors (Lipinski definition) is 3. The summed E-state index contributed by atoms with van der Waals surface area (Å²) in [6.07, 6.45) is 0.935. The summed E-state index contributed by atoms with van der Waals surface area (Å²) in [6, 6.07) is 5.45. The summed E-state index contributed by atoms with van der Waals surface area (Å²) in [5.41, 5.74) is 0. The van der Waals surface area contributed by atoms with E-state index in [2.05, 4.69) is 22.9 Å². The number of ether oxygens (including phenoxy) is 2. The van der Waals surface area contributed by atoms with Crippen molar-refractivity contribution < 1.29 is 14.3 Å². The molecule has 0 spiro atoms. The van der Waals surface area contributed by atoms with Gasteiger partial charge >= 0.3 is 0 Å². The molecule has 1 aromatic carbocycles. The van der Waals surface area contributed by atoms with Gasteiger partial charge in [-0.1, -0.05) is 34.5 Å². The Bertz CT molecular complexity index is 512. The lowest BCUT2D eigenvalue weighted by molar-refractivity contribution is -0.146. The summed E-state index contributed by atoms with van der Waals surface area (Å²) in [5, 5.41) is 0.486. The largest absolute Gasteiger partial charge is 0.482 e. The molecule has 2 atom stereocenters. The minimum absolute atomic E-state index is 0.00935. The monoisotopic (exact) mass is 375 g/mol. The van der Waals surface area contributed by atoms with Crippen molar-refractivity contribution in [1.82, 2.24) is 4.90 Å². The normalized spacial score (nSPS) is 22.2. The van der Waals surface area contributed by atoms with Crippen LogP contribution in [-0.2, 0) is 9.53 Å². The van der Waals surface area contributed by atoms with Gasteiger partial charge in [0.25, 0.3) is 5.91 Å². The van der Waals surface area contributed by atoms with Crippen LogP contribution in [0.3, 0.4) is 0 Å². The second-order valence-electron chi connectivity index (χ2n) is 5.12. The van der Waals surface area contributed by atoms with Crippen LogP contribution in [0.4, 0.5) is 0 Å². The first-order valence-corrected chi connectivity index (χ1v) is 8.17. The fraction of sp³-hybridized carbons (Fsp3) is 0.533. The molecule has 0 aromatic heterocycles. The predicted molar refractivity (Wildman–Crippen MR) is 85.9 cm³/mol. The molecule has 0 aliphatic carbocycles. The first kappa shape index (κ1) is 16.6.